The van der Waals surface area contributed by atoms with Crippen LogP contribution in [0.4, 0.5) is 0 Å². The van der Waals surface area contributed by atoms with Crippen molar-refractivity contribution < 1.29 is 23.9 Å². The number of amides is 3. The Labute approximate surface area is 207 Å². The van der Waals surface area contributed by atoms with Gasteiger partial charge in [0.05, 0.1) is 32.8 Å². The SMILES string of the molecule is Cc1ccccc1CN(C=O)CC(=O)N1CC2(CC1C(=O)NCc1cc(C(=N)N)cs1)OCCO2. The van der Waals surface area contributed by atoms with Crippen molar-refractivity contribution in [3.63, 3.8) is 0 Å². The number of hydrogen-bond donors (Lipinski definition) is 3. The zero-order chi connectivity index (χ0) is 25.0. The number of likely N-dealkylation sites (tertiary alicyclic amines) is 1. The summed E-state index contributed by atoms with van der Waals surface area (Å²) in [5.41, 5.74) is 8.09. The van der Waals surface area contributed by atoms with Gasteiger partial charge in [0.25, 0.3) is 0 Å². The van der Waals surface area contributed by atoms with E-state index in [2.05, 4.69) is 5.32 Å². The van der Waals surface area contributed by atoms with E-state index in [0.29, 0.717) is 31.7 Å². The first-order valence-corrected chi connectivity index (χ1v) is 12.2. The molecule has 2 aromatic rings. The Kier molecular flexibility index (Phi) is 7.48. The minimum absolute atomic E-state index is 0.0331. The van der Waals surface area contributed by atoms with E-state index in [1.165, 1.54) is 21.1 Å². The third-order valence-corrected chi connectivity index (χ3v) is 7.19. The molecule has 0 saturated carbocycles. The number of carbonyl (C=O) groups excluding carboxylic acids is 3. The molecule has 2 saturated heterocycles. The summed E-state index contributed by atoms with van der Waals surface area (Å²) in [7, 11) is 0. The lowest BCUT2D eigenvalue weighted by molar-refractivity contribution is -0.153. The fourth-order valence-corrected chi connectivity index (χ4v) is 5.17. The Bertz CT molecular complexity index is 1110. The summed E-state index contributed by atoms with van der Waals surface area (Å²) in [5, 5.41) is 12.1. The van der Waals surface area contributed by atoms with Crippen LogP contribution in [0.15, 0.2) is 35.7 Å². The van der Waals surface area contributed by atoms with E-state index in [1.807, 2.05) is 31.2 Å². The molecule has 4 N–H and O–H groups in total. The molecule has 1 unspecified atom stereocenters. The summed E-state index contributed by atoms with van der Waals surface area (Å²) in [4.78, 5) is 41.9. The van der Waals surface area contributed by atoms with Crippen molar-refractivity contribution in [2.24, 2.45) is 5.73 Å². The molecule has 10 nitrogen and oxygen atoms in total. The Hall–Kier alpha value is -3.28. The van der Waals surface area contributed by atoms with E-state index < -0.39 is 11.8 Å². The summed E-state index contributed by atoms with van der Waals surface area (Å²) in [6.07, 6.45) is 0.865. The average molecular weight is 500 g/mol. The van der Waals surface area contributed by atoms with Crippen LogP contribution in [0.25, 0.3) is 0 Å². The van der Waals surface area contributed by atoms with Crippen LogP contribution < -0.4 is 11.1 Å². The highest BCUT2D eigenvalue weighted by atomic mass is 32.1. The number of aryl methyl sites for hydroxylation is 1. The van der Waals surface area contributed by atoms with Crippen molar-refractivity contribution >= 4 is 35.4 Å². The normalized spacial score (nSPS) is 18.5. The fraction of sp³-hybridized carbons (Fsp3) is 0.417. The van der Waals surface area contributed by atoms with Crippen molar-refractivity contribution in [2.45, 2.75) is 38.3 Å². The lowest BCUT2D eigenvalue weighted by atomic mass is 10.1. The average Bonchev–Trinajstić information content (AvgIpc) is 3.59. The van der Waals surface area contributed by atoms with Gasteiger partial charge in [-0.3, -0.25) is 19.8 Å². The maximum atomic E-state index is 13.3. The Morgan fingerprint density at radius 2 is 2.09 bits per heavy atom. The number of nitrogens with two attached hydrogens (primary N) is 1. The second kappa shape index (κ2) is 10.5. The molecule has 0 aliphatic carbocycles. The van der Waals surface area contributed by atoms with Gasteiger partial charge in [-0.05, 0) is 24.1 Å². The van der Waals surface area contributed by atoms with Crippen LogP contribution in [0, 0.1) is 12.3 Å². The van der Waals surface area contributed by atoms with E-state index in [0.717, 1.165) is 16.0 Å². The molecule has 2 aliphatic rings. The number of thiophene rings is 1. The van der Waals surface area contributed by atoms with E-state index in [4.69, 9.17) is 20.6 Å². The minimum Gasteiger partial charge on any atom is -0.384 e. The number of nitrogens with zero attached hydrogens (tertiary/aromatic N) is 2. The van der Waals surface area contributed by atoms with Crippen LogP contribution in [0.5, 0.6) is 0 Å². The summed E-state index contributed by atoms with van der Waals surface area (Å²) >= 11 is 1.39. The monoisotopic (exact) mass is 499 g/mol. The standard InChI is InChI=1S/C24H29N5O5S/c1-16-4-2-3-5-17(16)11-28(15-30)12-21(31)29-14-24(33-6-7-34-24)9-20(29)23(32)27-10-19-8-18(13-35-19)22(25)26/h2-5,8,13,15,20H,6-7,9-12,14H2,1H3,(H3,25,26)(H,27,32). The predicted octanol–water partition coefficient (Wildman–Crippen LogP) is 0.959. The van der Waals surface area contributed by atoms with Crippen molar-refractivity contribution in [3.05, 3.63) is 57.3 Å². The first-order valence-electron chi connectivity index (χ1n) is 11.3. The van der Waals surface area contributed by atoms with Gasteiger partial charge in [-0.25, -0.2) is 0 Å². The quantitative estimate of drug-likeness (QED) is 0.267. The largest absolute Gasteiger partial charge is 0.384 e. The summed E-state index contributed by atoms with van der Waals surface area (Å²) in [6.45, 7) is 3.24. The van der Waals surface area contributed by atoms with Gasteiger partial charge < -0.3 is 30.3 Å². The number of rotatable bonds is 9. The molecule has 186 valence electrons. The van der Waals surface area contributed by atoms with Crippen LogP contribution in [0.3, 0.4) is 0 Å². The third-order valence-electron chi connectivity index (χ3n) is 6.25. The number of nitrogen functional groups attached to an aromatic ring is 1. The molecule has 1 aromatic carbocycles. The Morgan fingerprint density at radius 3 is 2.74 bits per heavy atom. The number of carbonyl (C=O) groups is 3. The van der Waals surface area contributed by atoms with Crippen LogP contribution in [-0.4, -0.2) is 72.0 Å². The van der Waals surface area contributed by atoms with Gasteiger partial charge in [-0.2, -0.15) is 0 Å². The molecule has 1 atom stereocenters. The molecule has 0 bridgehead atoms. The minimum atomic E-state index is -1.01. The van der Waals surface area contributed by atoms with E-state index >= 15 is 0 Å². The van der Waals surface area contributed by atoms with Gasteiger partial charge in [-0.15, -0.1) is 11.3 Å². The first-order chi connectivity index (χ1) is 16.8. The van der Waals surface area contributed by atoms with Crippen LogP contribution >= 0.6 is 11.3 Å². The van der Waals surface area contributed by atoms with Crippen molar-refractivity contribution in [1.29, 1.82) is 5.41 Å². The molecule has 1 aromatic heterocycles. The summed E-state index contributed by atoms with van der Waals surface area (Å²) < 4.78 is 11.6. The van der Waals surface area contributed by atoms with Gasteiger partial charge in [0.1, 0.15) is 11.9 Å². The lowest BCUT2D eigenvalue weighted by Crippen LogP contribution is -2.49. The van der Waals surface area contributed by atoms with Gasteiger partial charge in [0, 0.05) is 28.8 Å². The highest BCUT2D eigenvalue weighted by Gasteiger charge is 2.52. The maximum Gasteiger partial charge on any atom is 0.243 e. The molecule has 1 spiro atoms. The topological polar surface area (TPSA) is 138 Å². The number of nitrogens with one attached hydrogen (secondary N) is 2. The van der Waals surface area contributed by atoms with Crippen LogP contribution in [-0.2, 0) is 36.9 Å². The number of benzene rings is 1. The second-order valence-corrected chi connectivity index (χ2v) is 9.72. The fourth-order valence-electron chi connectivity index (χ4n) is 4.35. The van der Waals surface area contributed by atoms with E-state index in [9.17, 15) is 14.4 Å². The number of amidine groups is 1. The molecule has 4 rings (SSSR count). The van der Waals surface area contributed by atoms with Crippen molar-refractivity contribution in [2.75, 3.05) is 26.3 Å². The molecular formula is C24H29N5O5S. The Balaban J connectivity index is 1.44. The van der Waals surface area contributed by atoms with Gasteiger partial charge >= 0.3 is 0 Å². The van der Waals surface area contributed by atoms with Crippen LogP contribution in [0.2, 0.25) is 0 Å². The van der Waals surface area contributed by atoms with Crippen LogP contribution in [0.1, 0.15) is 28.0 Å². The number of hydrogen-bond acceptors (Lipinski definition) is 7. The highest BCUT2D eigenvalue weighted by molar-refractivity contribution is 7.10. The van der Waals surface area contributed by atoms with Crippen molar-refractivity contribution in [1.82, 2.24) is 15.1 Å². The van der Waals surface area contributed by atoms with E-state index in [-0.39, 0.29) is 43.7 Å². The molecule has 11 heteroatoms. The molecule has 2 aliphatic heterocycles. The number of ether oxygens (including phenoxy) is 2. The molecule has 35 heavy (non-hydrogen) atoms. The van der Waals surface area contributed by atoms with Gasteiger partial charge in [-0.1, -0.05) is 24.3 Å². The maximum absolute atomic E-state index is 13.3. The lowest BCUT2D eigenvalue weighted by Gasteiger charge is -2.27. The zero-order valence-corrected chi connectivity index (χ0v) is 20.3. The molecule has 2 fully saturated rings. The highest BCUT2D eigenvalue weighted by Crippen LogP contribution is 2.35. The first kappa shape index (κ1) is 24.8. The molecular weight excluding hydrogens is 470 g/mol. The Morgan fingerprint density at radius 1 is 1.34 bits per heavy atom. The smallest absolute Gasteiger partial charge is 0.243 e. The zero-order valence-electron chi connectivity index (χ0n) is 19.5. The van der Waals surface area contributed by atoms with Crippen molar-refractivity contribution in [3.8, 4) is 0 Å². The predicted molar refractivity (Wildman–Crippen MR) is 130 cm³/mol. The van der Waals surface area contributed by atoms with Gasteiger partial charge in [0.15, 0.2) is 5.79 Å². The summed E-state index contributed by atoms with van der Waals surface area (Å²) in [6, 6.07) is 8.63. The van der Waals surface area contributed by atoms with Gasteiger partial charge in [0.2, 0.25) is 18.2 Å². The van der Waals surface area contributed by atoms with E-state index in [1.54, 1.807) is 11.4 Å². The summed E-state index contributed by atoms with van der Waals surface area (Å²) in [5.74, 6) is -1.72. The molecule has 3 heterocycles. The second-order valence-electron chi connectivity index (χ2n) is 8.72. The third kappa shape index (κ3) is 5.69. The molecule has 0 radical (unpaired) electrons. The molecule has 3 amide bonds.